The lowest BCUT2D eigenvalue weighted by molar-refractivity contribution is -0.142. The van der Waals surface area contributed by atoms with Gasteiger partial charge < -0.3 is 26.2 Å². The third-order valence-electron chi connectivity index (χ3n) is 6.44. The van der Waals surface area contributed by atoms with Crippen LogP contribution in [0.4, 0.5) is 5.69 Å². The number of thioether (sulfide) groups is 1. The van der Waals surface area contributed by atoms with Gasteiger partial charge in [-0.25, -0.2) is 0 Å². The second kappa shape index (κ2) is 8.97. The van der Waals surface area contributed by atoms with Crippen LogP contribution < -0.4 is 11.1 Å². The minimum absolute atomic E-state index is 0.0637. The maximum absolute atomic E-state index is 13.3. The smallest absolute Gasteiger partial charge is 0.227 e. The number of likely N-dealkylation sites (tertiary alicyclic amines) is 1. The zero-order valence-electron chi connectivity index (χ0n) is 17.2. The molecule has 5 N–H and O–H groups in total. The van der Waals surface area contributed by atoms with E-state index in [1.165, 1.54) is 11.8 Å². The molecule has 8 nitrogen and oxygen atoms in total. The Morgan fingerprint density at radius 3 is 2.65 bits per heavy atom. The van der Waals surface area contributed by atoms with Crippen molar-refractivity contribution in [2.75, 3.05) is 18.4 Å². The van der Waals surface area contributed by atoms with Gasteiger partial charge in [-0.05, 0) is 43.9 Å². The number of nitrogens with zero attached hydrogens (tertiary/aromatic N) is 2. The molecule has 2 aliphatic heterocycles. The van der Waals surface area contributed by atoms with Crippen LogP contribution in [-0.2, 0) is 9.59 Å². The van der Waals surface area contributed by atoms with Gasteiger partial charge in [-0.2, -0.15) is 0 Å². The van der Waals surface area contributed by atoms with Crippen molar-refractivity contribution in [2.24, 2.45) is 22.6 Å². The number of amides is 2. The topological polar surface area (TPSA) is 128 Å². The monoisotopic (exact) mass is 466 g/mol. The largest absolute Gasteiger partial charge is 0.390 e. The number of aliphatic hydroxyl groups is 2. The Bertz CT molecular complexity index is 905. The Morgan fingerprint density at radius 2 is 2.00 bits per heavy atom. The molecule has 5 atom stereocenters. The zero-order chi connectivity index (χ0) is 22.3. The van der Waals surface area contributed by atoms with Gasteiger partial charge in [-0.3, -0.25) is 14.6 Å². The SMILES string of the molecule is Cc1ccc(NC2=N[C@@H]3[C@@H](O)[C@H](O)C[C@H](C(=O)N4CCC(C(N)=O)CC4)[C@H]3S2)cc1Cl. The summed E-state index contributed by atoms with van der Waals surface area (Å²) in [5.74, 6) is -1.05. The highest BCUT2D eigenvalue weighted by molar-refractivity contribution is 8.15. The highest BCUT2D eigenvalue weighted by Crippen LogP contribution is 2.42. The molecule has 0 spiro atoms. The van der Waals surface area contributed by atoms with E-state index in [0.29, 0.717) is 36.1 Å². The van der Waals surface area contributed by atoms with E-state index in [2.05, 4.69) is 10.3 Å². The lowest BCUT2D eigenvalue weighted by Gasteiger charge is -2.40. The minimum Gasteiger partial charge on any atom is -0.390 e. The van der Waals surface area contributed by atoms with Gasteiger partial charge >= 0.3 is 0 Å². The number of fused-ring (bicyclic) bond motifs is 1. The number of halogens is 1. The number of aryl methyl sites for hydroxylation is 1. The number of hydrogen-bond acceptors (Lipinski definition) is 7. The molecular weight excluding hydrogens is 440 g/mol. The second-order valence-corrected chi connectivity index (χ2v) is 10.1. The third kappa shape index (κ3) is 4.55. The molecule has 4 rings (SSSR count). The molecule has 168 valence electrons. The summed E-state index contributed by atoms with van der Waals surface area (Å²) >= 11 is 7.62. The van der Waals surface area contributed by atoms with E-state index < -0.39 is 24.2 Å². The maximum Gasteiger partial charge on any atom is 0.227 e. The standard InChI is InChI=1S/C21H27ClN4O4S/c1-10-2-3-12(8-14(10)22)24-21-25-16-17(28)15(27)9-13(18(16)31-21)20(30)26-6-4-11(5-7-26)19(23)29/h2-3,8,11,13,15-18,27-28H,4-7,9H2,1H3,(H2,23,29)(H,24,25)/t13-,15+,16+,17-,18+/m0/s1. The molecule has 0 bridgehead atoms. The Balaban J connectivity index is 1.47. The molecule has 2 fully saturated rings. The summed E-state index contributed by atoms with van der Waals surface area (Å²) in [5.41, 5.74) is 7.13. The van der Waals surface area contributed by atoms with Crippen molar-refractivity contribution in [3.8, 4) is 0 Å². The fourth-order valence-corrected chi connectivity index (χ4v) is 6.06. The first-order chi connectivity index (χ1) is 14.7. The quantitative estimate of drug-likeness (QED) is 0.532. The molecule has 0 radical (unpaired) electrons. The number of benzene rings is 1. The van der Waals surface area contributed by atoms with Gasteiger partial charge in [0, 0.05) is 35.0 Å². The van der Waals surface area contributed by atoms with Crippen LogP contribution >= 0.6 is 23.4 Å². The first-order valence-electron chi connectivity index (χ1n) is 10.5. The average molecular weight is 467 g/mol. The van der Waals surface area contributed by atoms with E-state index in [-0.39, 0.29) is 29.4 Å². The third-order valence-corrected chi connectivity index (χ3v) is 8.15. The number of aliphatic hydroxyl groups excluding tert-OH is 2. The summed E-state index contributed by atoms with van der Waals surface area (Å²) in [6.07, 6.45) is -0.753. The summed E-state index contributed by atoms with van der Waals surface area (Å²) in [6.45, 7) is 2.86. The van der Waals surface area contributed by atoms with E-state index in [1.54, 1.807) is 11.0 Å². The van der Waals surface area contributed by atoms with Crippen molar-refractivity contribution in [3.63, 3.8) is 0 Å². The fraction of sp³-hybridized carbons (Fsp3) is 0.571. The number of anilines is 1. The van der Waals surface area contributed by atoms with E-state index in [4.69, 9.17) is 17.3 Å². The van der Waals surface area contributed by atoms with Gasteiger partial charge in [0.15, 0.2) is 5.17 Å². The fourth-order valence-electron chi connectivity index (χ4n) is 4.51. The summed E-state index contributed by atoms with van der Waals surface area (Å²) in [6, 6.07) is 5.02. The number of carbonyl (C=O) groups is 2. The van der Waals surface area contributed by atoms with Crippen LogP contribution in [0.3, 0.4) is 0 Å². The number of nitrogens with one attached hydrogen (secondary N) is 1. The van der Waals surface area contributed by atoms with Crippen LogP contribution in [0.25, 0.3) is 0 Å². The van der Waals surface area contributed by atoms with Crippen molar-refractivity contribution < 1.29 is 19.8 Å². The maximum atomic E-state index is 13.3. The van der Waals surface area contributed by atoms with Crippen molar-refractivity contribution >= 4 is 46.0 Å². The molecule has 3 aliphatic rings. The normalized spacial score (nSPS) is 31.2. The number of carbonyl (C=O) groups excluding carboxylic acids is 2. The van der Waals surface area contributed by atoms with Crippen molar-refractivity contribution in [2.45, 2.75) is 49.7 Å². The van der Waals surface area contributed by atoms with Crippen LogP contribution in [0.2, 0.25) is 5.02 Å². The number of rotatable bonds is 3. The van der Waals surface area contributed by atoms with Crippen LogP contribution in [0.5, 0.6) is 0 Å². The number of amidine groups is 1. The Morgan fingerprint density at radius 1 is 1.29 bits per heavy atom. The highest BCUT2D eigenvalue weighted by atomic mass is 35.5. The lowest BCUT2D eigenvalue weighted by Crippen LogP contribution is -2.55. The molecular formula is C21H27ClN4O4S. The van der Waals surface area contributed by atoms with Crippen LogP contribution in [0, 0.1) is 18.8 Å². The second-order valence-electron chi connectivity index (χ2n) is 8.50. The van der Waals surface area contributed by atoms with Crippen molar-refractivity contribution in [1.82, 2.24) is 4.90 Å². The predicted molar refractivity (Wildman–Crippen MR) is 121 cm³/mol. The van der Waals surface area contributed by atoms with Gasteiger partial charge in [0.1, 0.15) is 6.10 Å². The van der Waals surface area contributed by atoms with Crippen LogP contribution in [0.15, 0.2) is 23.2 Å². The lowest BCUT2D eigenvalue weighted by atomic mass is 9.80. The highest BCUT2D eigenvalue weighted by Gasteiger charge is 2.51. The van der Waals surface area contributed by atoms with Gasteiger partial charge in [0.05, 0.1) is 18.1 Å². The van der Waals surface area contributed by atoms with Gasteiger partial charge in [0.25, 0.3) is 0 Å². The Kier molecular flexibility index (Phi) is 6.48. The summed E-state index contributed by atoms with van der Waals surface area (Å²) < 4.78 is 0. The number of piperidine rings is 1. The Labute approximate surface area is 190 Å². The number of hydrogen-bond donors (Lipinski definition) is 4. The molecule has 1 saturated carbocycles. The number of aliphatic imine (C=N–C) groups is 1. The van der Waals surface area contributed by atoms with E-state index in [1.807, 2.05) is 19.1 Å². The zero-order valence-corrected chi connectivity index (χ0v) is 18.8. The molecule has 1 saturated heterocycles. The van der Waals surface area contributed by atoms with E-state index in [9.17, 15) is 19.8 Å². The molecule has 1 aliphatic carbocycles. The summed E-state index contributed by atoms with van der Waals surface area (Å²) in [7, 11) is 0. The van der Waals surface area contributed by atoms with Crippen LogP contribution in [0.1, 0.15) is 24.8 Å². The molecule has 0 unspecified atom stereocenters. The van der Waals surface area contributed by atoms with E-state index >= 15 is 0 Å². The first kappa shape index (κ1) is 22.4. The predicted octanol–water partition coefficient (Wildman–Crippen LogP) is 1.37. The summed E-state index contributed by atoms with van der Waals surface area (Å²) in [5, 5.41) is 25.1. The molecule has 31 heavy (non-hydrogen) atoms. The Hall–Kier alpha value is -1.81. The average Bonchev–Trinajstić information content (AvgIpc) is 3.17. The van der Waals surface area contributed by atoms with Crippen molar-refractivity contribution in [3.05, 3.63) is 28.8 Å². The number of primary amides is 1. The van der Waals surface area contributed by atoms with E-state index in [0.717, 1.165) is 11.3 Å². The molecule has 2 heterocycles. The van der Waals surface area contributed by atoms with Crippen molar-refractivity contribution in [1.29, 1.82) is 0 Å². The van der Waals surface area contributed by atoms with Gasteiger partial charge in [-0.15, -0.1) is 0 Å². The molecule has 1 aromatic rings. The molecule has 0 aromatic heterocycles. The minimum atomic E-state index is -1.02. The first-order valence-corrected chi connectivity index (χ1v) is 11.7. The van der Waals surface area contributed by atoms with Crippen LogP contribution in [-0.4, -0.2) is 68.7 Å². The molecule has 10 heteroatoms. The molecule has 2 amide bonds. The van der Waals surface area contributed by atoms with Gasteiger partial charge in [-0.1, -0.05) is 29.4 Å². The number of nitrogens with two attached hydrogens (primary N) is 1. The summed E-state index contributed by atoms with van der Waals surface area (Å²) in [4.78, 5) is 31.0. The molecule has 1 aromatic carbocycles. The van der Waals surface area contributed by atoms with Gasteiger partial charge in [0.2, 0.25) is 11.8 Å².